The molecule has 3 fully saturated rings. The number of hydrogen-bond acceptors (Lipinski definition) is 6. The van der Waals surface area contributed by atoms with E-state index in [1.165, 1.54) is 34.0 Å². The van der Waals surface area contributed by atoms with E-state index in [-0.39, 0.29) is 28.7 Å². The fourth-order valence-electron chi connectivity index (χ4n) is 5.03. The Morgan fingerprint density at radius 1 is 1.30 bits per heavy atom. The predicted molar refractivity (Wildman–Crippen MR) is 99.9 cm³/mol. The second-order valence-electron chi connectivity index (χ2n) is 7.56. The monoisotopic (exact) mass is 405 g/mol. The molecule has 27 heavy (non-hydrogen) atoms. The van der Waals surface area contributed by atoms with Crippen molar-refractivity contribution in [2.75, 3.05) is 11.9 Å². The number of sulfonamides is 1. The molecule has 5 rings (SSSR count). The molecule has 1 aliphatic heterocycles. The molecule has 2 bridgehead atoms. The summed E-state index contributed by atoms with van der Waals surface area (Å²) in [6.45, 7) is 0.475. The lowest BCUT2D eigenvalue weighted by atomic mass is 9.88. The van der Waals surface area contributed by atoms with Crippen LogP contribution in [0.15, 0.2) is 40.9 Å². The van der Waals surface area contributed by atoms with Crippen LogP contribution >= 0.6 is 11.3 Å². The summed E-state index contributed by atoms with van der Waals surface area (Å²) in [5.41, 5.74) is 1.99. The molecule has 142 valence electrons. The average Bonchev–Trinajstić information content (AvgIpc) is 3.38. The number of aromatic nitrogens is 1. The number of hydrogen-bond donors (Lipinski definition) is 2. The average molecular weight is 406 g/mol. The molecule has 1 saturated heterocycles. The van der Waals surface area contributed by atoms with Crippen molar-refractivity contribution in [2.45, 2.75) is 29.9 Å². The fraction of sp³-hybridized carbons (Fsp3) is 0.444. The second kappa shape index (κ2) is 6.10. The van der Waals surface area contributed by atoms with Gasteiger partial charge in [-0.05, 0) is 48.8 Å². The number of nitrogens with one attached hydrogen (secondary N) is 1. The summed E-state index contributed by atoms with van der Waals surface area (Å²) in [7, 11) is -3.73. The summed E-state index contributed by atoms with van der Waals surface area (Å²) in [6, 6.07) is 5.98. The van der Waals surface area contributed by atoms with E-state index in [2.05, 4.69) is 10.3 Å². The minimum Gasteiger partial charge on any atom is -0.391 e. The summed E-state index contributed by atoms with van der Waals surface area (Å²) < 4.78 is 28.0. The minimum atomic E-state index is -3.73. The van der Waals surface area contributed by atoms with Gasteiger partial charge in [0, 0.05) is 12.2 Å². The Morgan fingerprint density at radius 3 is 2.89 bits per heavy atom. The van der Waals surface area contributed by atoms with Crippen LogP contribution in [0.25, 0.3) is 0 Å². The molecule has 2 saturated carbocycles. The number of rotatable bonds is 4. The van der Waals surface area contributed by atoms with Crippen molar-refractivity contribution in [1.29, 1.82) is 0 Å². The third-order valence-electron chi connectivity index (χ3n) is 6.16. The molecule has 9 heteroatoms. The van der Waals surface area contributed by atoms with E-state index in [1.54, 1.807) is 17.6 Å². The zero-order chi connectivity index (χ0) is 18.8. The Balaban J connectivity index is 1.42. The molecule has 2 aliphatic carbocycles. The molecule has 1 aromatic carbocycles. The first-order valence-corrected chi connectivity index (χ1v) is 11.3. The van der Waals surface area contributed by atoms with E-state index in [4.69, 9.17) is 0 Å². The number of benzene rings is 1. The molecule has 2 aromatic rings. The van der Waals surface area contributed by atoms with Crippen LogP contribution in [0.4, 0.5) is 5.69 Å². The van der Waals surface area contributed by atoms with Crippen molar-refractivity contribution < 1.29 is 18.3 Å². The van der Waals surface area contributed by atoms with Crippen LogP contribution in [0.3, 0.4) is 0 Å². The standard InChI is InChI=1S/C18H19N3O4S2/c22-17-10-4-11-8-21(16(17)14(11)5-10)27(24,25)13-3-1-2-12(6-13)20-18(23)15-7-19-9-26-15/h1-3,6-7,9-11,14,16-17,22H,4-5,8H2,(H,20,23)/t10-,11-,14+,16+,17+/m0/s1. The Bertz CT molecular complexity index is 990. The molecular formula is C18H19N3O4S2. The van der Waals surface area contributed by atoms with Crippen molar-refractivity contribution in [2.24, 2.45) is 17.8 Å². The lowest BCUT2D eigenvalue weighted by molar-refractivity contribution is 0.0731. The maximum Gasteiger partial charge on any atom is 0.267 e. The van der Waals surface area contributed by atoms with Crippen molar-refractivity contribution in [3.8, 4) is 0 Å². The Hall–Kier alpha value is -1.81. The molecule has 5 atom stereocenters. The summed E-state index contributed by atoms with van der Waals surface area (Å²) in [6.07, 6.45) is 2.74. The summed E-state index contributed by atoms with van der Waals surface area (Å²) in [5, 5.41) is 13.2. The van der Waals surface area contributed by atoms with Gasteiger partial charge in [0.25, 0.3) is 5.91 Å². The maximum atomic E-state index is 13.2. The van der Waals surface area contributed by atoms with Gasteiger partial charge < -0.3 is 10.4 Å². The number of thiazole rings is 1. The third-order valence-corrected chi connectivity index (χ3v) is 8.79. The van der Waals surface area contributed by atoms with Crippen LogP contribution in [-0.2, 0) is 10.0 Å². The molecule has 0 spiro atoms. The van der Waals surface area contributed by atoms with Crippen molar-refractivity contribution >= 4 is 33.0 Å². The lowest BCUT2D eigenvalue weighted by Gasteiger charge is -2.28. The zero-order valence-electron chi connectivity index (χ0n) is 14.4. The van der Waals surface area contributed by atoms with Crippen LogP contribution in [-0.4, -0.2) is 47.4 Å². The van der Waals surface area contributed by atoms with Crippen LogP contribution in [0.1, 0.15) is 22.5 Å². The quantitative estimate of drug-likeness (QED) is 0.808. The SMILES string of the molecule is O=C(Nc1cccc(S(=O)(=O)N2C[C@@H]3C[C@H]4C[C@H]3[C@@H]2[C@@H]4O)c1)c1cncs1. The highest BCUT2D eigenvalue weighted by molar-refractivity contribution is 7.89. The van der Waals surface area contributed by atoms with E-state index >= 15 is 0 Å². The maximum absolute atomic E-state index is 13.2. The highest BCUT2D eigenvalue weighted by atomic mass is 32.2. The topological polar surface area (TPSA) is 99.6 Å². The number of anilines is 1. The van der Waals surface area contributed by atoms with Crippen molar-refractivity contribution in [3.63, 3.8) is 0 Å². The van der Waals surface area contributed by atoms with Gasteiger partial charge in [0.2, 0.25) is 10.0 Å². The number of amides is 1. The number of carbonyl (C=O) groups excluding carboxylic acids is 1. The second-order valence-corrected chi connectivity index (χ2v) is 10.3. The first kappa shape index (κ1) is 17.3. The van der Waals surface area contributed by atoms with Crippen molar-refractivity contribution in [1.82, 2.24) is 9.29 Å². The van der Waals surface area contributed by atoms with E-state index in [0.717, 1.165) is 12.8 Å². The highest BCUT2D eigenvalue weighted by Gasteiger charge is 2.61. The van der Waals surface area contributed by atoms with Gasteiger partial charge in [-0.1, -0.05) is 6.07 Å². The Labute approximate surface area is 161 Å². The molecule has 2 N–H and O–H groups in total. The van der Waals surface area contributed by atoms with E-state index in [1.807, 2.05) is 0 Å². The first-order valence-electron chi connectivity index (χ1n) is 8.95. The molecule has 1 aromatic heterocycles. The smallest absolute Gasteiger partial charge is 0.267 e. The molecule has 1 amide bonds. The minimum absolute atomic E-state index is 0.140. The highest BCUT2D eigenvalue weighted by Crippen LogP contribution is 2.56. The van der Waals surface area contributed by atoms with Crippen LogP contribution in [0.2, 0.25) is 0 Å². The molecule has 0 radical (unpaired) electrons. The summed E-state index contributed by atoms with van der Waals surface area (Å²) in [5.74, 6) is 0.539. The fourth-order valence-corrected chi connectivity index (χ4v) is 7.33. The first-order chi connectivity index (χ1) is 12.9. The van der Waals surface area contributed by atoms with Gasteiger partial charge in [-0.3, -0.25) is 9.78 Å². The summed E-state index contributed by atoms with van der Waals surface area (Å²) >= 11 is 1.22. The van der Waals surface area contributed by atoms with Gasteiger partial charge in [0.05, 0.1) is 28.7 Å². The molecule has 0 unspecified atom stereocenters. The van der Waals surface area contributed by atoms with Gasteiger partial charge in [-0.2, -0.15) is 4.31 Å². The van der Waals surface area contributed by atoms with Crippen LogP contribution in [0.5, 0.6) is 0 Å². The van der Waals surface area contributed by atoms with Gasteiger partial charge in [0.1, 0.15) is 4.88 Å². The normalized spacial score (nSPS) is 32.1. The Morgan fingerprint density at radius 2 is 2.15 bits per heavy atom. The van der Waals surface area contributed by atoms with E-state index < -0.39 is 16.1 Å². The molecule has 2 heterocycles. The van der Waals surface area contributed by atoms with Gasteiger partial charge in [-0.25, -0.2) is 8.42 Å². The molecular weight excluding hydrogens is 386 g/mol. The number of fused-ring (bicyclic) bond motifs is 1. The van der Waals surface area contributed by atoms with Crippen LogP contribution < -0.4 is 5.32 Å². The Kier molecular flexibility index (Phi) is 3.91. The number of nitrogens with zero attached hydrogens (tertiary/aromatic N) is 2. The van der Waals surface area contributed by atoms with Crippen molar-refractivity contribution in [3.05, 3.63) is 40.8 Å². The number of aliphatic hydroxyl groups excluding tert-OH is 1. The zero-order valence-corrected chi connectivity index (χ0v) is 16.0. The van der Waals surface area contributed by atoms with Gasteiger partial charge in [-0.15, -0.1) is 11.3 Å². The summed E-state index contributed by atoms with van der Waals surface area (Å²) in [4.78, 5) is 16.7. The number of carbonyl (C=O) groups is 1. The number of aliphatic hydroxyl groups is 1. The predicted octanol–water partition coefficient (Wildman–Crippen LogP) is 1.79. The van der Waals surface area contributed by atoms with Gasteiger partial charge >= 0.3 is 0 Å². The van der Waals surface area contributed by atoms with Crippen LogP contribution in [0, 0.1) is 17.8 Å². The molecule has 3 aliphatic rings. The largest absolute Gasteiger partial charge is 0.391 e. The van der Waals surface area contributed by atoms with E-state index in [9.17, 15) is 18.3 Å². The van der Waals surface area contributed by atoms with E-state index in [0.29, 0.717) is 23.0 Å². The lowest BCUT2D eigenvalue weighted by Crippen LogP contribution is -2.43. The molecule has 7 nitrogen and oxygen atoms in total. The third kappa shape index (κ3) is 2.64. The van der Waals surface area contributed by atoms with Gasteiger partial charge in [0.15, 0.2) is 0 Å².